The lowest BCUT2D eigenvalue weighted by Gasteiger charge is -2.21. The molecule has 3 nitrogen and oxygen atoms in total. The molecule has 2 fully saturated rings. The zero-order valence-corrected chi connectivity index (χ0v) is 7.59. The van der Waals surface area contributed by atoms with Gasteiger partial charge in [-0.3, -0.25) is 4.79 Å². The zero-order chi connectivity index (χ0) is 8.77. The van der Waals surface area contributed by atoms with Gasteiger partial charge in [-0.1, -0.05) is 6.92 Å². The molecule has 2 rings (SSSR count). The highest BCUT2D eigenvalue weighted by molar-refractivity contribution is 5.77. The average molecular weight is 169 g/mol. The van der Waals surface area contributed by atoms with Crippen molar-refractivity contribution in [2.24, 2.45) is 5.92 Å². The van der Waals surface area contributed by atoms with Crippen molar-refractivity contribution in [1.82, 2.24) is 5.32 Å². The van der Waals surface area contributed by atoms with Gasteiger partial charge in [-0.05, 0) is 19.9 Å². The van der Waals surface area contributed by atoms with E-state index in [1.54, 1.807) is 0 Å². The van der Waals surface area contributed by atoms with Gasteiger partial charge in [0.25, 0.3) is 0 Å². The van der Waals surface area contributed by atoms with Gasteiger partial charge in [0.2, 0.25) is 0 Å². The topological polar surface area (TPSA) is 38.3 Å². The maximum atomic E-state index is 11.4. The molecular formula is C9H15NO2. The molecule has 0 aliphatic carbocycles. The summed E-state index contributed by atoms with van der Waals surface area (Å²) in [5.41, 5.74) is -0.211. The summed E-state index contributed by atoms with van der Waals surface area (Å²) in [7, 11) is 0. The third-order valence-electron chi connectivity index (χ3n) is 3.12. The minimum atomic E-state index is -0.211. The summed E-state index contributed by atoms with van der Waals surface area (Å²) in [5.74, 6) is 0.0645. The monoisotopic (exact) mass is 169 g/mol. The summed E-state index contributed by atoms with van der Waals surface area (Å²) in [6.45, 7) is 5.05. The van der Waals surface area contributed by atoms with Crippen molar-refractivity contribution in [3.8, 4) is 0 Å². The molecule has 1 N–H and O–H groups in total. The van der Waals surface area contributed by atoms with Crippen molar-refractivity contribution in [3.05, 3.63) is 0 Å². The molecule has 0 radical (unpaired) electrons. The predicted molar refractivity (Wildman–Crippen MR) is 44.7 cm³/mol. The number of hydrogen-bond donors (Lipinski definition) is 1. The van der Waals surface area contributed by atoms with E-state index in [1.807, 2.05) is 13.8 Å². The Morgan fingerprint density at radius 3 is 3.17 bits per heavy atom. The highest BCUT2D eigenvalue weighted by Crippen LogP contribution is 2.38. The molecule has 2 heterocycles. The maximum Gasteiger partial charge on any atom is 0.311 e. The minimum absolute atomic E-state index is 0.0165. The molecule has 0 aromatic rings. The molecule has 0 aromatic heterocycles. The number of carbonyl (C=O) groups excluding carboxylic acids is 1. The van der Waals surface area contributed by atoms with E-state index in [0.717, 1.165) is 19.4 Å². The number of esters is 1. The Kier molecular flexibility index (Phi) is 1.65. The average Bonchev–Trinajstić information content (AvgIpc) is 2.42. The van der Waals surface area contributed by atoms with Crippen molar-refractivity contribution in [3.63, 3.8) is 0 Å². The van der Waals surface area contributed by atoms with Crippen LogP contribution in [0.4, 0.5) is 0 Å². The molecule has 0 saturated carbocycles. The van der Waals surface area contributed by atoms with Gasteiger partial charge in [-0.15, -0.1) is 0 Å². The van der Waals surface area contributed by atoms with Crippen molar-refractivity contribution < 1.29 is 9.53 Å². The second kappa shape index (κ2) is 2.46. The fraction of sp³-hybridized carbons (Fsp3) is 0.889. The van der Waals surface area contributed by atoms with Gasteiger partial charge in [-0.25, -0.2) is 0 Å². The van der Waals surface area contributed by atoms with Crippen LogP contribution in [0.5, 0.6) is 0 Å². The van der Waals surface area contributed by atoms with Crippen LogP contribution in [-0.4, -0.2) is 24.2 Å². The van der Waals surface area contributed by atoms with Crippen molar-refractivity contribution in [2.75, 3.05) is 6.54 Å². The first-order chi connectivity index (χ1) is 5.67. The Balaban J connectivity index is 2.24. The second-order valence-electron chi connectivity index (χ2n) is 3.93. The third-order valence-corrected chi connectivity index (χ3v) is 3.12. The first-order valence-electron chi connectivity index (χ1n) is 4.63. The standard InChI is InChI=1S/C9H15NO2/c1-3-6-7-9(2,4-5-10-7)12-8(6)11/h6-7,10H,3-5H2,1-2H3/t6-,7-,9-/m1/s1. The SMILES string of the molecule is CC[C@H]1C(=O)O[C@]2(C)CCN[C@H]12. The third kappa shape index (κ3) is 0.891. The molecule has 2 aliphatic rings. The lowest BCUT2D eigenvalue weighted by molar-refractivity contribution is -0.149. The molecule has 12 heavy (non-hydrogen) atoms. The number of hydrogen-bond acceptors (Lipinski definition) is 3. The fourth-order valence-electron chi connectivity index (χ4n) is 2.37. The molecule has 2 aliphatic heterocycles. The van der Waals surface area contributed by atoms with Gasteiger partial charge in [0.1, 0.15) is 5.60 Å². The maximum absolute atomic E-state index is 11.4. The highest BCUT2D eigenvalue weighted by Gasteiger charge is 2.54. The Hall–Kier alpha value is -0.570. The van der Waals surface area contributed by atoms with Gasteiger partial charge in [-0.2, -0.15) is 0 Å². The van der Waals surface area contributed by atoms with Crippen molar-refractivity contribution in [1.29, 1.82) is 0 Å². The van der Waals surface area contributed by atoms with E-state index >= 15 is 0 Å². The second-order valence-corrected chi connectivity index (χ2v) is 3.93. The van der Waals surface area contributed by atoms with Gasteiger partial charge < -0.3 is 10.1 Å². The molecule has 3 heteroatoms. The summed E-state index contributed by atoms with van der Waals surface area (Å²) in [4.78, 5) is 11.4. The Morgan fingerprint density at radius 2 is 2.50 bits per heavy atom. The van der Waals surface area contributed by atoms with Gasteiger partial charge in [0.05, 0.1) is 12.0 Å². The molecular weight excluding hydrogens is 154 g/mol. The Morgan fingerprint density at radius 1 is 1.75 bits per heavy atom. The van der Waals surface area contributed by atoms with Crippen molar-refractivity contribution in [2.45, 2.75) is 38.3 Å². The molecule has 0 unspecified atom stereocenters. The molecule has 68 valence electrons. The largest absolute Gasteiger partial charge is 0.457 e. The summed E-state index contributed by atoms with van der Waals surface area (Å²) >= 11 is 0. The number of carbonyl (C=O) groups is 1. The fourth-order valence-corrected chi connectivity index (χ4v) is 2.37. The predicted octanol–water partition coefficient (Wildman–Crippen LogP) is 0.690. The molecule has 0 bridgehead atoms. The molecule has 0 amide bonds. The van der Waals surface area contributed by atoms with E-state index < -0.39 is 0 Å². The lowest BCUT2D eigenvalue weighted by atomic mass is 9.89. The van der Waals surface area contributed by atoms with Crippen LogP contribution in [0.2, 0.25) is 0 Å². The zero-order valence-electron chi connectivity index (χ0n) is 7.59. The van der Waals surface area contributed by atoms with Gasteiger partial charge >= 0.3 is 5.97 Å². The number of rotatable bonds is 1. The van der Waals surface area contributed by atoms with Crippen LogP contribution in [0.1, 0.15) is 26.7 Å². The number of nitrogens with one attached hydrogen (secondary N) is 1. The molecule has 3 atom stereocenters. The van der Waals surface area contributed by atoms with Gasteiger partial charge in [0, 0.05) is 6.42 Å². The smallest absolute Gasteiger partial charge is 0.311 e. The van der Waals surface area contributed by atoms with E-state index in [9.17, 15) is 4.79 Å². The van der Waals surface area contributed by atoms with Crippen LogP contribution in [0.25, 0.3) is 0 Å². The molecule has 2 saturated heterocycles. The summed E-state index contributed by atoms with van der Waals surface area (Å²) in [6, 6.07) is 0.259. The Labute approximate surface area is 72.5 Å². The van der Waals surface area contributed by atoms with E-state index in [1.165, 1.54) is 0 Å². The van der Waals surface area contributed by atoms with Crippen molar-refractivity contribution >= 4 is 5.97 Å². The van der Waals surface area contributed by atoms with E-state index in [2.05, 4.69) is 5.32 Å². The van der Waals surface area contributed by atoms with Crippen LogP contribution in [0, 0.1) is 5.92 Å². The quantitative estimate of drug-likeness (QED) is 0.587. The Bertz CT molecular complexity index is 217. The first-order valence-corrected chi connectivity index (χ1v) is 4.63. The van der Waals surface area contributed by atoms with E-state index in [-0.39, 0.29) is 23.5 Å². The summed E-state index contributed by atoms with van der Waals surface area (Å²) in [6.07, 6.45) is 1.84. The van der Waals surface area contributed by atoms with Crippen LogP contribution < -0.4 is 5.32 Å². The summed E-state index contributed by atoms with van der Waals surface area (Å²) in [5, 5.41) is 3.34. The minimum Gasteiger partial charge on any atom is -0.457 e. The number of fused-ring (bicyclic) bond motifs is 1. The highest BCUT2D eigenvalue weighted by atomic mass is 16.6. The first kappa shape index (κ1) is 8.05. The lowest BCUT2D eigenvalue weighted by Crippen LogP contribution is -2.39. The summed E-state index contributed by atoms with van der Waals surface area (Å²) < 4.78 is 5.37. The number of ether oxygens (including phenoxy) is 1. The normalized spacial score (nSPS) is 46.0. The van der Waals surface area contributed by atoms with Crippen LogP contribution in [0.15, 0.2) is 0 Å². The molecule has 0 spiro atoms. The van der Waals surface area contributed by atoms with Crippen LogP contribution in [-0.2, 0) is 9.53 Å². The molecule has 0 aromatic carbocycles. The van der Waals surface area contributed by atoms with E-state index in [4.69, 9.17) is 4.74 Å². The van der Waals surface area contributed by atoms with Crippen LogP contribution >= 0.6 is 0 Å². The van der Waals surface area contributed by atoms with E-state index in [0.29, 0.717) is 0 Å². The van der Waals surface area contributed by atoms with Gasteiger partial charge in [0.15, 0.2) is 0 Å². The van der Waals surface area contributed by atoms with Crippen LogP contribution in [0.3, 0.4) is 0 Å².